The van der Waals surface area contributed by atoms with E-state index in [9.17, 15) is 49.1 Å². The molecule has 2 nitrogen and oxygen atoms in total. The molecule has 0 bridgehead atoms. The Bertz CT molecular complexity index is 3910. The summed E-state index contributed by atoms with van der Waals surface area (Å²) in [4.78, 5) is 22.1. The monoisotopic (exact) mass is 2090 g/mol. The molecule has 0 amide bonds. The molecule has 17 heteroatoms. The summed E-state index contributed by atoms with van der Waals surface area (Å²) in [6.07, 6.45) is 0.0549. The second-order valence-corrected chi connectivity index (χ2v) is 28.2. The molecule has 12 aromatic rings. The van der Waals surface area contributed by atoms with Gasteiger partial charge in [0.15, 0.2) is 46.5 Å². The lowest BCUT2D eigenvalue weighted by Gasteiger charge is -2.13. The fourth-order valence-corrected chi connectivity index (χ4v) is 11.5. The van der Waals surface area contributed by atoms with Crippen LogP contribution < -0.4 is 0 Å². The predicted molar refractivity (Wildman–Crippen MR) is 546 cm³/mol. The maximum absolute atomic E-state index is 13.9. The van der Waals surface area contributed by atoms with Crippen molar-refractivity contribution in [2.75, 3.05) is 0 Å². The van der Waals surface area contributed by atoms with E-state index < -0.39 is 63.0 Å². The quantitative estimate of drug-likeness (QED) is 0.0710. The number of halogens is 15. The Labute approximate surface area is 791 Å². The van der Waals surface area contributed by atoms with Gasteiger partial charge in [-0.15, -0.1) is 0 Å². The fourth-order valence-electron chi connectivity index (χ4n) is 8.59. The standard InChI is InChI=1S/C14H7F7.C9H6O2.2C7H7Br.2C7H7Cl.2C7H7F.2C7H7I.C7H8.10C2H6/c1-4-3-6(15)12(19)7(9(4)16)8-13(20)10(17)5(2)11(18)14(8)21;10-8-5-9(11)7-4-2-1-3-6(7)8;8*1-6-3-2-4-7(8)5-6;1-7-5-3-2-4-6-7;10*1-2/h3H,1-2H3;1-4H,5H2;8*2-5H,1H3;2-6H,1H3;10*1-2H3. The Morgan fingerprint density at radius 2 is 0.512 bits per heavy atom. The van der Waals surface area contributed by atoms with Gasteiger partial charge >= 0.3 is 0 Å². The lowest BCUT2D eigenvalue weighted by molar-refractivity contribution is 0.0922. The molecule has 123 heavy (non-hydrogen) atoms. The lowest BCUT2D eigenvalue weighted by Crippen LogP contribution is -2.07. The van der Waals surface area contributed by atoms with Gasteiger partial charge in [-0.25, -0.2) is 39.5 Å². The van der Waals surface area contributed by atoms with E-state index in [1.165, 1.54) is 70.3 Å². The summed E-state index contributed by atoms with van der Waals surface area (Å²) < 4.78 is 125. The number of carbonyl (C=O) groups excluding carboxylic acids is 2. The van der Waals surface area contributed by atoms with Gasteiger partial charge in [0.05, 0.1) is 17.5 Å². The van der Waals surface area contributed by atoms with Crippen molar-refractivity contribution in [1.82, 2.24) is 0 Å². The molecular formula is C106H137Br2Cl2F9I2O2. The van der Waals surface area contributed by atoms with Crippen LogP contribution in [0.1, 0.15) is 227 Å². The summed E-state index contributed by atoms with van der Waals surface area (Å²) in [5.74, 6) is -13.0. The minimum absolute atomic E-state index is 0.0504. The van der Waals surface area contributed by atoms with E-state index in [-0.39, 0.29) is 29.6 Å². The first kappa shape index (κ1) is 131. The van der Waals surface area contributed by atoms with E-state index >= 15 is 0 Å². The summed E-state index contributed by atoms with van der Waals surface area (Å²) >= 11 is 22.6. The van der Waals surface area contributed by atoms with Crippen LogP contribution in [0.25, 0.3) is 11.1 Å². The first-order valence-electron chi connectivity index (χ1n) is 41.6. The molecule has 0 aliphatic heterocycles. The van der Waals surface area contributed by atoms with Crippen LogP contribution in [-0.4, -0.2) is 11.6 Å². The van der Waals surface area contributed by atoms with Gasteiger partial charge in [-0.3, -0.25) is 9.59 Å². The van der Waals surface area contributed by atoms with Crippen LogP contribution in [0, 0.1) is 136 Å². The number of carbonyl (C=O) groups is 2. The number of hydrogen-bond acceptors (Lipinski definition) is 2. The second kappa shape index (κ2) is 85.2. The number of aryl methyl sites for hydroxylation is 10. The summed E-state index contributed by atoms with van der Waals surface area (Å²) in [7, 11) is 0. The molecule has 0 fully saturated rings. The number of hydrogen-bond donors (Lipinski definition) is 0. The van der Waals surface area contributed by atoms with Gasteiger partial charge in [0, 0.05) is 42.8 Å². The smallest absolute Gasteiger partial charge is 0.171 e. The maximum atomic E-state index is 13.9. The molecule has 0 saturated heterocycles. The van der Waals surface area contributed by atoms with Crippen molar-refractivity contribution < 1.29 is 49.1 Å². The molecule has 0 spiro atoms. The normalized spacial score (nSPS) is 9.06. The summed E-state index contributed by atoms with van der Waals surface area (Å²) in [6, 6.07) is 79.4. The predicted octanol–water partition coefficient (Wildman–Crippen LogP) is 38.9. The van der Waals surface area contributed by atoms with Crippen LogP contribution in [-0.2, 0) is 0 Å². The Morgan fingerprint density at radius 3 is 0.724 bits per heavy atom. The van der Waals surface area contributed by atoms with E-state index in [0.29, 0.717) is 17.2 Å². The molecule has 0 atom stereocenters. The molecule has 0 N–H and O–H groups in total. The van der Waals surface area contributed by atoms with Gasteiger partial charge < -0.3 is 0 Å². The second-order valence-electron chi connectivity index (χ2n) is 23.0. The minimum atomic E-state index is -1.99. The number of Topliss-reactive ketones (excluding diaryl/α,β-unsaturated/α-hetero) is 2. The van der Waals surface area contributed by atoms with Crippen LogP contribution >= 0.6 is 100 Å². The molecule has 678 valence electrons. The maximum Gasteiger partial charge on any atom is 0.171 e. The number of rotatable bonds is 1. The highest BCUT2D eigenvalue weighted by molar-refractivity contribution is 14.1. The zero-order valence-electron chi connectivity index (χ0n) is 78.4. The Kier molecular flexibility index (Phi) is 90.6. The van der Waals surface area contributed by atoms with Crippen molar-refractivity contribution in [2.45, 2.75) is 221 Å². The average Bonchev–Trinajstić information content (AvgIpc) is 1.69. The summed E-state index contributed by atoms with van der Waals surface area (Å²) in [6.45, 7) is 60.0. The topological polar surface area (TPSA) is 34.1 Å². The largest absolute Gasteiger partial charge is 0.294 e. The van der Waals surface area contributed by atoms with Gasteiger partial charge in [-0.2, -0.15) is 0 Å². The highest BCUT2D eigenvalue weighted by atomic mass is 127. The van der Waals surface area contributed by atoms with E-state index in [1.54, 1.807) is 36.4 Å². The van der Waals surface area contributed by atoms with Crippen molar-refractivity contribution >= 4 is 112 Å². The van der Waals surface area contributed by atoms with Crippen LogP contribution in [0.2, 0.25) is 10.0 Å². The van der Waals surface area contributed by atoms with Crippen molar-refractivity contribution in [3.63, 3.8) is 0 Å². The van der Waals surface area contributed by atoms with E-state index in [2.05, 4.69) is 197 Å². The first-order chi connectivity index (χ1) is 58.7. The first-order valence-corrected chi connectivity index (χ1v) is 46.1. The van der Waals surface area contributed by atoms with Crippen LogP contribution in [0.3, 0.4) is 0 Å². The fraction of sp³-hybridized carbons (Fsp3) is 0.302. The third-order valence-electron chi connectivity index (χ3n) is 13.7. The van der Waals surface area contributed by atoms with Gasteiger partial charge in [0.2, 0.25) is 0 Å². The minimum Gasteiger partial charge on any atom is -0.294 e. The lowest BCUT2D eigenvalue weighted by atomic mass is 9.98. The molecule has 12 aromatic carbocycles. The van der Waals surface area contributed by atoms with Crippen molar-refractivity contribution in [3.05, 3.63) is 406 Å². The van der Waals surface area contributed by atoms with Crippen LogP contribution in [0.5, 0.6) is 0 Å². The van der Waals surface area contributed by atoms with Gasteiger partial charge in [-0.05, 0) is 252 Å². The number of ketones is 2. The molecule has 1 aliphatic carbocycles. The van der Waals surface area contributed by atoms with E-state index in [4.69, 9.17) is 23.2 Å². The van der Waals surface area contributed by atoms with Gasteiger partial charge in [0.1, 0.15) is 17.5 Å². The number of fused-ring (bicyclic) bond motifs is 1. The van der Waals surface area contributed by atoms with E-state index in [0.717, 1.165) is 44.0 Å². The molecule has 0 radical (unpaired) electrons. The zero-order valence-corrected chi connectivity index (χ0v) is 87.4. The van der Waals surface area contributed by atoms with Crippen LogP contribution in [0.15, 0.2) is 264 Å². The third-order valence-corrected chi connectivity index (χ3v) is 16.5. The SMILES string of the molecule is CC.CC.CC.CC.CC.CC.CC.CC.CC.CC.Cc1cc(F)c(F)c(-c2c(F)c(F)c(C)c(F)c2F)c1F.Cc1cccc(Br)c1.Cc1cccc(Br)c1.Cc1cccc(Cl)c1.Cc1cccc(Cl)c1.Cc1cccc(F)c1.Cc1cccc(F)c1.Cc1cccc(I)c1.Cc1cccc(I)c1.Cc1ccccc1.O=C1CC(=O)c2ccccc21. The highest BCUT2D eigenvalue weighted by Crippen LogP contribution is 2.37. The molecule has 0 saturated carbocycles. The molecule has 0 aromatic heterocycles. The van der Waals surface area contributed by atoms with Gasteiger partial charge in [-0.1, -0.05) is 373 Å². The molecule has 0 heterocycles. The highest BCUT2D eigenvalue weighted by Gasteiger charge is 2.30. The Morgan fingerprint density at radius 1 is 0.260 bits per heavy atom. The van der Waals surface area contributed by atoms with Crippen molar-refractivity contribution in [3.8, 4) is 11.1 Å². The van der Waals surface area contributed by atoms with Crippen molar-refractivity contribution in [2.24, 2.45) is 0 Å². The Balaban J connectivity index is -0.000000196. The molecule has 13 rings (SSSR count). The van der Waals surface area contributed by atoms with Crippen LogP contribution in [0.4, 0.5) is 39.5 Å². The molecule has 1 aliphatic rings. The van der Waals surface area contributed by atoms with E-state index in [1.807, 2.05) is 269 Å². The Hall–Kier alpha value is -7.65. The summed E-state index contributed by atoms with van der Waals surface area (Å²) in [5, 5.41) is 1.62. The average molecular weight is 2100 g/mol. The van der Waals surface area contributed by atoms with Crippen molar-refractivity contribution in [1.29, 1.82) is 0 Å². The number of benzene rings is 12. The summed E-state index contributed by atoms with van der Waals surface area (Å²) in [5.41, 5.74) is 7.51. The third kappa shape index (κ3) is 63.0. The molecular weight excluding hydrogens is 1960 g/mol. The zero-order chi connectivity index (χ0) is 96.9. The van der Waals surface area contributed by atoms with Gasteiger partial charge in [0.25, 0.3) is 0 Å². The molecule has 0 unspecified atom stereocenters.